The number of hydrogen-bond donors (Lipinski definition) is 1. The summed E-state index contributed by atoms with van der Waals surface area (Å²) >= 11 is 0. The number of aryl methyl sites for hydroxylation is 1. The summed E-state index contributed by atoms with van der Waals surface area (Å²) in [6.07, 6.45) is 0.713. The molecule has 1 atom stereocenters. The molecule has 0 bridgehead atoms. The number of benzene rings is 1. The number of ether oxygens (including phenoxy) is 2. The highest BCUT2D eigenvalue weighted by Crippen LogP contribution is 2.31. The summed E-state index contributed by atoms with van der Waals surface area (Å²) in [5.74, 6) is 0.833. The lowest BCUT2D eigenvalue weighted by atomic mass is 10.2. The van der Waals surface area contributed by atoms with E-state index in [2.05, 4.69) is 4.72 Å². The second-order valence-corrected chi connectivity index (χ2v) is 6.09. The van der Waals surface area contributed by atoms with Gasteiger partial charge in [0.15, 0.2) is 0 Å². The maximum atomic E-state index is 12.3. The number of sulfonamides is 1. The van der Waals surface area contributed by atoms with E-state index in [-0.39, 0.29) is 10.9 Å². The maximum absolute atomic E-state index is 12.3. The zero-order chi connectivity index (χ0) is 14.6. The van der Waals surface area contributed by atoms with Crippen molar-refractivity contribution in [2.75, 3.05) is 14.2 Å². The fourth-order valence-corrected chi connectivity index (χ4v) is 3.14. The first-order valence-electron chi connectivity index (χ1n) is 6.10. The van der Waals surface area contributed by atoms with Crippen molar-refractivity contribution in [3.8, 4) is 11.5 Å². The van der Waals surface area contributed by atoms with Gasteiger partial charge in [0.1, 0.15) is 16.4 Å². The van der Waals surface area contributed by atoms with Crippen LogP contribution in [0.5, 0.6) is 11.5 Å². The smallest absolute Gasteiger partial charge is 0.244 e. The van der Waals surface area contributed by atoms with Crippen LogP contribution in [0, 0.1) is 6.92 Å². The highest BCUT2D eigenvalue weighted by Gasteiger charge is 2.23. The molecule has 0 amide bonds. The molecule has 0 fully saturated rings. The maximum Gasteiger partial charge on any atom is 0.244 e. The number of nitrogens with one attached hydrogen (secondary N) is 1. The molecule has 0 spiro atoms. The minimum absolute atomic E-state index is 0.0951. The SMILES string of the molecule is CCC(C)NS(=O)(=O)c1cc(OC)c(C)cc1OC. The Morgan fingerprint density at radius 2 is 1.79 bits per heavy atom. The lowest BCUT2D eigenvalue weighted by molar-refractivity contribution is 0.389. The van der Waals surface area contributed by atoms with Crippen LogP contribution in [0.25, 0.3) is 0 Å². The third-order valence-electron chi connectivity index (χ3n) is 2.94. The van der Waals surface area contributed by atoms with Crippen molar-refractivity contribution in [1.29, 1.82) is 0 Å². The minimum atomic E-state index is -3.62. The molecule has 1 rings (SSSR count). The number of hydrogen-bond acceptors (Lipinski definition) is 4. The zero-order valence-corrected chi connectivity index (χ0v) is 12.8. The quantitative estimate of drug-likeness (QED) is 0.870. The van der Waals surface area contributed by atoms with E-state index in [1.807, 2.05) is 20.8 Å². The first-order chi connectivity index (χ1) is 8.85. The van der Waals surface area contributed by atoms with E-state index in [4.69, 9.17) is 9.47 Å². The van der Waals surface area contributed by atoms with E-state index < -0.39 is 10.0 Å². The lowest BCUT2D eigenvalue weighted by Gasteiger charge is -2.16. The van der Waals surface area contributed by atoms with Crippen molar-refractivity contribution in [3.05, 3.63) is 17.7 Å². The van der Waals surface area contributed by atoms with E-state index in [1.165, 1.54) is 20.3 Å². The van der Waals surface area contributed by atoms with Crippen LogP contribution in [0.3, 0.4) is 0 Å². The molecular weight excluding hydrogens is 266 g/mol. The molecule has 0 aliphatic carbocycles. The molecule has 1 unspecified atom stereocenters. The molecule has 0 radical (unpaired) electrons. The van der Waals surface area contributed by atoms with Gasteiger partial charge in [-0.25, -0.2) is 13.1 Å². The van der Waals surface area contributed by atoms with Crippen LogP contribution in [-0.2, 0) is 10.0 Å². The molecule has 0 heterocycles. The third-order valence-corrected chi connectivity index (χ3v) is 4.55. The Hall–Kier alpha value is -1.27. The van der Waals surface area contributed by atoms with Crippen molar-refractivity contribution in [2.45, 2.75) is 38.1 Å². The monoisotopic (exact) mass is 287 g/mol. The van der Waals surface area contributed by atoms with E-state index >= 15 is 0 Å². The van der Waals surface area contributed by atoms with Gasteiger partial charge in [0, 0.05) is 12.1 Å². The normalized spacial score (nSPS) is 13.1. The summed E-state index contributed by atoms with van der Waals surface area (Å²) in [4.78, 5) is 0.0951. The molecule has 0 aliphatic rings. The Balaban J connectivity index is 3.32. The van der Waals surface area contributed by atoms with E-state index in [0.717, 1.165) is 5.56 Å². The summed E-state index contributed by atoms with van der Waals surface area (Å²) in [5, 5.41) is 0. The standard InChI is InChI=1S/C13H21NO4S/c1-6-10(3)14-19(15,16)13-8-11(17-4)9(2)7-12(13)18-5/h7-8,10,14H,6H2,1-5H3. The van der Waals surface area contributed by atoms with Crippen LogP contribution in [0.1, 0.15) is 25.8 Å². The second kappa shape index (κ2) is 6.25. The third kappa shape index (κ3) is 3.61. The van der Waals surface area contributed by atoms with Gasteiger partial charge in [0.2, 0.25) is 10.0 Å². The minimum Gasteiger partial charge on any atom is -0.496 e. The van der Waals surface area contributed by atoms with Gasteiger partial charge in [-0.1, -0.05) is 6.92 Å². The molecule has 108 valence electrons. The number of methoxy groups -OCH3 is 2. The van der Waals surface area contributed by atoms with Crippen molar-refractivity contribution in [2.24, 2.45) is 0 Å². The van der Waals surface area contributed by atoms with Gasteiger partial charge in [-0.15, -0.1) is 0 Å². The van der Waals surface area contributed by atoms with Crippen molar-refractivity contribution >= 4 is 10.0 Å². The summed E-state index contributed by atoms with van der Waals surface area (Å²) < 4.78 is 37.5. The number of rotatable bonds is 6. The molecule has 1 aromatic carbocycles. The van der Waals surface area contributed by atoms with Gasteiger partial charge in [-0.05, 0) is 31.9 Å². The first-order valence-corrected chi connectivity index (χ1v) is 7.59. The van der Waals surface area contributed by atoms with Crippen molar-refractivity contribution < 1.29 is 17.9 Å². The van der Waals surface area contributed by atoms with Crippen molar-refractivity contribution in [1.82, 2.24) is 4.72 Å². The van der Waals surface area contributed by atoms with Gasteiger partial charge in [0.25, 0.3) is 0 Å². The Labute approximate surface area is 115 Å². The average molecular weight is 287 g/mol. The molecule has 1 aromatic rings. The van der Waals surface area contributed by atoms with Gasteiger partial charge in [-0.2, -0.15) is 0 Å². The molecule has 0 saturated heterocycles. The summed E-state index contributed by atoms with van der Waals surface area (Å²) in [6, 6.07) is 3.00. The molecule has 0 aliphatic heterocycles. The van der Waals surface area contributed by atoms with Gasteiger partial charge >= 0.3 is 0 Å². The van der Waals surface area contributed by atoms with Gasteiger partial charge in [-0.3, -0.25) is 0 Å². The largest absolute Gasteiger partial charge is 0.496 e. The highest BCUT2D eigenvalue weighted by atomic mass is 32.2. The molecular formula is C13H21NO4S. The fraction of sp³-hybridized carbons (Fsp3) is 0.538. The van der Waals surface area contributed by atoms with Crippen LogP contribution >= 0.6 is 0 Å². The fourth-order valence-electron chi connectivity index (χ4n) is 1.64. The molecule has 0 aromatic heterocycles. The first kappa shape index (κ1) is 15.8. The predicted molar refractivity (Wildman–Crippen MR) is 74.4 cm³/mol. The predicted octanol–water partition coefficient (Wildman–Crippen LogP) is 2.09. The summed E-state index contributed by atoms with van der Waals surface area (Å²) in [7, 11) is -0.664. The Bertz CT molecular complexity index is 540. The van der Waals surface area contributed by atoms with Crippen molar-refractivity contribution in [3.63, 3.8) is 0 Å². The molecule has 5 nitrogen and oxygen atoms in total. The molecule has 6 heteroatoms. The highest BCUT2D eigenvalue weighted by molar-refractivity contribution is 7.89. The summed E-state index contributed by atoms with van der Waals surface area (Å²) in [5.41, 5.74) is 0.821. The zero-order valence-electron chi connectivity index (χ0n) is 12.0. The van der Waals surface area contributed by atoms with Crippen LogP contribution < -0.4 is 14.2 Å². The lowest BCUT2D eigenvalue weighted by Crippen LogP contribution is -2.32. The summed E-state index contributed by atoms with van der Waals surface area (Å²) in [6.45, 7) is 5.56. The Kier molecular flexibility index (Phi) is 5.20. The van der Waals surface area contributed by atoms with Crippen LogP contribution in [0.4, 0.5) is 0 Å². The van der Waals surface area contributed by atoms with Gasteiger partial charge in [0.05, 0.1) is 14.2 Å². The van der Waals surface area contributed by atoms with Gasteiger partial charge < -0.3 is 9.47 Å². The van der Waals surface area contributed by atoms with E-state index in [1.54, 1.807) is 6.07 Å². The van der Waals surface area contributed by atoms with Crippen LogP contribution in [-0.4, -0.2) is 28.7 Å². The molecule has 19 heavy (non-hydrogen) atoms. The Morgan fingerprint density at radius 1 is 1.21 bits per heavy atom. The average Bonchev–Trinajstić information content (AvgIpc) is 2.37. The topological polar surface area (TPSA) is 64.6 Å². The van der Waals surface area contributed by atoms with E-state index in [0.29, 0.717) is 17.9 Å². The van der Waals surface area contributed by atoms with Crippen LogP contribution in [0.15, 0.2) is 17.0 Å². The molecule has 0 saturated carbocycles. The van der Waals surface area contributed by atoms with Crippen LogP contribution in [0.2, 0.25) is 0 Å². The second-order valence-electron chi connectivity index (χ2n) is 4.40. The Morgan fingerprint density at radius 3 is 2.26 bits per heavy atom. The molecule has 1 N–H and O–H groups in total. The van der Waals surface area contributed by atoms with E-state index in [9.17, 15) is 8.42 Å².